The van der Waals surface area contributed by atoms with Crippen LogP contribution < -0.4 is 15.5 Å². The SMILES string of the molecule is [B]c1ccc(OC)c(C(=O)NCc2ccc(CO)cc2)c1. The van der Waals surface area contributed by atoms with E-state index in [0.717, 1.165) is 11.1 Å². The van der Waals surface area contributed by atoms with Gasteiger partial charge in [0, 0.05) is 6.54 Å². The van der Waals surface area contributed by atoms with Crippen molar-refractivity contribution in [2.75, 3.05) is 7.11 Å². The van der Waals surface area contributed by atoms with E-state index in [9.17, 15) is 4.79 Å². The Morgan fingerprint density at radius 1 is 1.19 bits per heavy atom. The Balaban J connectivity index is 2.05. The number of rotatable bonds is 5. The second kappa shape index (κ2) is 6.95. The molecule has 0 saturated heterocycles. The van der Waals surface area contributed by atoms with Crippen LogP contribution in [-0.2, 0) is 13.2 Å². The van der Waals surface area contributed by atoms with E-state index in [4.69, 9.17) is 17.7 Å². The van der Waals surface area contributed by atoms with Crippen molar-refractivity contribution in [1.29, 1.82) is 0 Å². The van der Waals surface area contributed by atoms with Gasteiger partial charge in [0.15, 0.2) is 0 Å². The molecule has 4 nitrogen and oxygen atoms in total. The van der Waals surface area contributed by atoms with Crippen LogP contribution in [0.15, 0.2) is 42.5 Å². The van der Waals surface area contributed by atoms with Gasteiger partial charge in [0.2, 0.25) is 0 Å². The quantitative estimate of drug-likeness (QED) is 0.801. The number of hydrogen-bond donors (Lipinski definition) is 2. The summed E-state index contributed by atoms with van der Waals surface area (Å²) in [4.78, 5) is 12.2. The Bertz CT molecular complexity index is 626. The summed E-state index contributed by atoms with van der Waals surface area (Å²) in [6.45, 7) is 0.398. The van der Waals surface area contributed by atoms with Gasteiger partial charge in [-0.25, -0.2) is 0 Å². The summed E-state index contributed by atoms with van der Waals surface area (Å²) >= 11 is 0. The predicted molar refractivity (Wildman–Crippen MR) is 81.9 cm³/mol. The zero-order chi connectivity index (χ0) is 15.2. The van der Waals surface area contributed by atoms with Gasteiger partial charge in [-0.05, 0) is 17.2 Å². The molecule has 2 aromatic rings. The van der Waals surface area contributed by atoms with Crippen molar-refractivity contribution in [3.8, 4) is 5.75 Å². The smallest absolute Gasteiger partial charge is 0.255 e. The highest BCUT2D eigenvalue weighted by atomic mass is 16.5. The molecule has 0 aliphatic carbocycles. The second-order valence-corrected chi connectivity index (χ2v) is 4.62. The van der Waals surface area contributed by atoms with Gasteiger partial charge in [0.25, 0.3) is 5.91 Å². The first-order valence-electron chi connectivity index (χ1n) is 6.54. The third-order valence-corrected chi connectivity index (χ3v) is 3.13. The van der Waals surface area contributed by atoms with E-state index < -0.39 is 0 Å². The van der Waals surface area contributed by atoms with Crippen molar-refractivity contribution in [2.24, 2.45) is 0 Å². The zero-order valence-corrected chi connectivity index (χ0v) is 11.8. The van der Waals surface area contributed by atoms with E-state index in [0.29, 0.717) is 23.3 Å². The van der Waals surface area contributed by atoms with Crippen LogP contribution >= 0.6 is 0 Å². The average molecular weight is 281 g/mol. The maximum atomic E-state index is 12.2. The monoisotopic (exact) mass is 281 g/mol. The van der Waals surface area contributed by atoms with Gasteiger partial charge in [0.1, 0.15) is 13.6 Å². The molecule has 106 valence electrons. The minimum atomic E-state index is -0.245. The summed E-state index contributed by atoms with van der Waals surface area (Å²) in [6.07, 6.45) is 0. The molecule has 0 atom stereocenters. The molecule has 0 aliphatic heterocycles. The first-order chi connectivity index (χ1) is 10.1. The molecule has 0 saturated carbocycles. The molecule has 0 aliphatic rings. The van der Waals surface area contributed by atoms with Crippen LogP contribution in [0.5, 0.6) is 5.75 Å². The number of benzene rings is 2. The van der Waals surface area contributed by atoms with Crippen LogP contribution in [-0.4, -0.2) is 26.0 Å². The lowest BCUT2D eigenvalue weighted by Gasteiger charge is -2.10. The number of carbonyl (C=O) groups is 1. The molecule has 2 radical (unpaired) electrons. The number of methoxy groups -OCH3 is 1. The van der Waals surface area contributed by atoms with Crippen LogP contribution in [0.4, 0.5) is 0 Å². The Hall–Kier alpha value is -2.27. The van der Waals surface area contributed by atoms with Crippen LogP contribution in [0.3, 0.4) is 0 Å². The second-order valence-electron chi connectivity index (χ2n) is 4.62. The topological polar surface area (TPSA) is 58.6 Å². The molecule has 0 spiro atoms. The highest BCUT2D eigenvalue weighted by Crippen LogP contribution is 2.16. The highest BCUT2D eigenvalue weighted by Gasteiger charge is 2.11. The van der Waals surface area contributed by atoms with Crippen molar-refractivity contribution < 1.29 is 14.6 Å². The third-order valence-electron chi connectivity index (χ3n) is 3.13. The summed E-state index contributed by atoms with van der Waals surface area (Å²) in [6, 6.07) is 12.3. The predicted octanol–water partition coefficient (Wildman–Crippen LogP) is 0.911. The Kier molecular flexibility index (Phi) is 5.01. The molecule has 21 heavy (non-hydrogen) atoms. The van der Waals surface area contributed by atoms with Gasteiger partial charge < -0.3 is 15.2 Å². The fraction of sp³-hybridized carbons (Fsp3) is 0.188. The van der Waals surface area contributed by atoms with Crippen molar-refractivity contribution in [1.82, 2.24) is 5.32 Å². The van der Waals surface area contributed by atoms with Crippen LogP contribution in [0.25, 0.3) is 0 Å². The largest absolute Gasteiger partial charge is 0.496 e. The number of aliphatic hydroxyl groups excluding tert-OH is 1. The van der Waals surface area contributed by atoms with Crippen molar-refractivity contribution in [2.45, 2.75) is 13.2 Å². The molecule has 2 aromatic carbocycles. The number of hydrogen-bond acceptors (Lipinski definition) is 3. The molecule has 0 heterocycles. The zero-order valence-electron chi connectivity index (χ0n) is 11.8. The summed E-state index contributed by atoms with van der Waals surface area (Å²) in [7, 11) is 7.21. The van der Waals surface area contributed by atoms with Crippen LogP contribution in [0.2, 0.25) is 0 Å². The molecule has 5 heteroatoms. The van der Waals surface area contributed by atoms with Crippen molar-refractivity contribution >= 4 is 19.2 Å². The van der Waals surface area contributed by atoms with E-state index in [1.807, 2.05) is 24.3 Å². The number of aliphatic hydroxyl groups is 1. The van der Waals surface area contributed by atoms with Gasteiger partial charge >= 0.3 is 0 Å². The molecule has 2 rings (SSSR count). The number of nitrogens with one attached hydrogen (secondary N) is 1. The molecule has 0 aromatic heterocycles. The molecule has 1 amide bonds. The van der Waals surface area contributed by atoms with Gasteiger partial charge in [-0.1, -0.05) is 41.9 Å². The van der Waals surface area contributed by atoms with E-state index in [-0.39, 0.29) is 12.5 Å². The minimum absolute atomic E-state index is 0.00707. The third kappa shape index (κ3) is 3.86. The molecule has 2 N–H and O–H groups in total. The summed E-state index contributed by atoms with van der Waals surface area (Å²) < 4.78 is 5.16. The van der Waals surface area contributed by atoms with Crippen molar-refractivity contribution in [3.63, 3.8) is 0 Å². The minimum Gasteiger partial charge on any atom is -0.496 e. The van der Waals surface area contributed by atoms with Gasteiger partial charge in [-0.2, -0.15) is 0 Å². The van der Waals surface area contributed by atoms with E-state index >= 15 is 0 Å². The Labute approximate surface area is 125 Å². The summed E-state index contributed by atoms with van der Waals surface area (Å²) in [5.74, 6) is 0.239. The van der Waals surface area contributed by atoms with Gasteiger partial charge in [0.05, 0.1) is 19.3 Å². The first-order valence-corrected chi connectivity index (χ1v) is 6.54. The Morgan fingerprint density at radius 2 is 1.86 bits per heavy atom. The molecule has 0 fully saturated rings. The van der Waals surface area contributed by atoms with Crippen LogP contribution in [0.1, 0.15) is 21.5 Å². The van der Waals surface area contributed by atoms with Crippen molar-refractivity contribution in [3.05, 3.63) is 59.2 Å². The van der Waals surface area contributed by atoms with E-state index in [1.54, 1.807) is 18.2 Å². The van der Waals surface area contributed by atoms with E-state index in [1.165, 1.54) is 7.11 Å². The van der Waals surface area contributed by atoms with E-state index in [2.05, 4.69) is 5.32 Å². The lowest BCUT2D eigenvalue weighted by molar-refractivity contribution is 0.0948. The van der Waals surface area contributed by atoms with Gasteiger partial charge in [-0.15, -0.1) is 0 Å². The average Bonchev–Trinajstić information content (AvgIpc) is 2.53. The summed E-state index contributed by atoms with van der Waals surface area (Å²) in [5.41, 5.74) is 2.70. The fourth-order valence-corrected chi connectivity index (χ4v) is 1.94. The molecular weight excluding hydrogens is 265 g/mol. The number of carbonyl (C=O) groups excluding carboxylic acids is 1. The lowest BCUT2D eigenvalue weighted by Crippen LogP contribution is -2.24. The maximum Gasteiger partial charge on any atom is 0.255 e. The highest BCUT2D eigenvalue weighted by molar-refractivity contribution is 6.32. The standard InChI is InChI=1S/C16H16BNO3/c1-21-15-7-6-13(17)8-14(15)16(20)18-9-11-2-4-12(10-19)5-3-11/h2-8,19H,9-10H2,1H3,(H,18,20). The summed E-state index contributed by atoms with van der Waals surface area (Å²) in [5, 5.41) is 11.8. The normalized spacial score (nSPS) is 10.2. The lowest BCUT2D eigenvalue weighted by atomic mass is 9.94. The molecular formula is C16H16BNO3. The van der Waals surface area contributed by atoms with Crippen LogP contribution in [0, 0.1) is 0 Å². The number of ether oxygens (including phenoxy) is 1. The van der Waals surface area contributed by atoms with Gasteiger partial charge in [-0.3, -0.25) is 4.79 Å². The molecule has 0 bridgehead atoms. The maximum absolute atomic E-state index is 12.2. The first kappa shape index (κ1) is 15.1. The Morgan fingerprint density at radius 3 is 2.48 bits per heavy atom. The number of amides is 1. The fourth-order valence-electron chi connectivity index (χ4n) is 1.94. The molecule has 0 unspecified atom stereocenters.